The molecular weight excluding hydrogens is 412 g/mol. The third-order valence-corrected chi connectivity index (χ3v) is 7.37. The maximum Gasteiger partial charge on any atom is 0.248 e. The van der Waals surface area contributed by atoms with Gasteiger partial charge in [0.2, 0.25) is 11.8 Å². The quantitative estimate of drug-likeness (QED) is 0.530. The molecule has 30 heavy (non-hydrogen) atoms. The molecule has 4 nitrogen and oxygen atoms in total. The number of carbonyl (C=O) groups excluding carboxylic acids is 2. The number of nitrogens with zero attached hydrogens (tertiary/aromatic N) is 1. The van der Waals surface area contributed by atoms with E-state index < -0.39 is 6.04 Å². The predicted molar refractivity (Wildman–Crippen MR) is 124 cm³/mol. The van der Waals surface area contributed by atoms with Gasteiger partial charge in [-0.3, -0.25) is 14.5 Å². The Kier molecular flexibility index (Phi) is 6.65. The first-order valence-electron chi connectivity index (χ1n) is 10.4. The molecule has 1 aliphatic rings. The molecule has 1 aliphatic carbocycles. The molecule has 1 saturated carbocycles. The standard InChI is InChI=1S/C24H26N2O2S2/c1-17-8-2-5-12-20(17)26(22(27)16-19-11-6-14-29-19)23(21-13-7-15-30-21)24(28)25-18-9-3-4-10-18/h2,5-8,11-15,18,23H,3-4,9-10,16H2,1H3,(H,25,28). The molecule has 3 aromatic rings. The molecule has 2 aromatic heterocycles. The number of aryl methyl sites for hydroxylation is 1. The van der Waals surface area contributed by atoms with E-state index in [9.17, 15) is 9.59 Å². The van der Waals surface area contributed by atoms with Crippen molar-refractivity contribution in [1.29, 1.82) is 0 Å². The predicted octanol–water partition coefficient (Wildman–Crippen LogP) is 5.49. The normalized spacial score (nSPS) is 15.1. The van der Waals surface area contributed by atoms with Gasteiger partial charge >= 0.3 is 0 Å². The number of rotatable bonds is 7. The van der Waals surface area contributed by atoms with Crippen LogP contribution in [0.5, 0.6) is 0 Å². The molecular formula is C24H26N2O2S2. The van der Waals surface area contributed by atoms with Crippen molar-refractivity contribution < 1.29 is 9.59 Å². The summed E-state index contributed by atoms with van der Waals surface area (Å²) >= 11 is 3.09. The number of nitrogens with one attached hydrogen (secondary N) is 1. The van der Waals surface area contributed by atoms with Crippen LogP contribution >= 0.6 is 22.7 Å². The number of para-hydroxylation sites is 1. The molecule has 0 spiro atoms. The zero-order chi connectivity index (χ0) is 20.9. The number of carbonyl (C=O) groups is 2. The minimum absolute atomic E-state index is 0.0632. The summed E-state index contributed by atoms with van der Waals surface area (Å²) in [5.41, 5.74) is 1.77. The van der Waals surface area contributed by atoms with Crippen molar-refractivity contribution in [3.63, 3.8) is 0 Å². The molecule has 0 bridgehead atoms. The van der Waals surface area contributed by atoms with Gasteiger partial charge in [0.05, 0.1) is 6.42 Å². The van der Waals surface area contributed by atoms with E-state index in [1.165, 1.54) is 11.3 Å². The van der Waals surface area contributed by atoms with Gasteiger partial charge in [0.15, 0.2) is 0 Å². The van der Waals surface area contributed by atoms with Crippen molar-refractivity contribution in [2.24, 2.45) is 0 Å². The van der Waals surface area contributed by atoms with Crippen LogP contribution in [0.25, 0.3) is 0 Å². The fraction of sp³-hybridized carbons (Fsp3) is 0.333. The number of benzene rings is 1. The summed E-state index contributed by atoms with van der Waals surface area (Å²) in [5, 5.41) is 7.17. The molecule has 0 saturated heterocycles. The lowest BCUT2D eigenvalue weighted by molar-refractivity contribution is -0.126. The van der Waals surface area contributed by atoms with Crippen molar-refractivity contribution in [2.45, 2.75) is 51.1 Å². The highest BCUT2D eigenvalue weighted by Crippen LogP contribution is 2.34. The van der Waals surface area contributed by atoms with Crippen molar-refractivity contribution in [2.75, 3.05) is 4.90 Å². The van der Waals surface area contributed by atoms with Crippen molar-refractivity contribution >= 4 is 40.2 Å². The van der Waals surface area contributed by atoms with Crippen LogP contribution < -0.4 is 10.2 Å². The second-order valence-corrected chi connectivity index (χ2v) is 9.73. The number of amides is 2. The molecule has 1 fully saturated rings. The van der Waals surface area contributed by atoms with E-state index in [-0.39, 0.29) is 24.3 Å². The average Bonchev–Trinajstić information content (AvgIpc) is 3.50. The zero-order valence-corrected chi connectivity index (χ0v) is 18.7. The lowest BCUT2D eigenvalue weighted by Crippen LogP contribution is -2.46. The third kappa shape index (κ3) is 4.65. The number of anilines is 1. The summed E-state index contributed by atoms with van der Waals surface area (Å²) in [6.45, 7) is 1.99. The number of hydrogen-bond acceptors (Lipinski definition) is 4. The van der Waals surface area contributed by atoms with Crippen LogP contribution in [-0.4, -0.2) is 17.9 Å². The second kappa shape index (κ2) is 9.58. The van der Waals surface area contributed by atoms with Crippen LogP contribution in [0, 0.1) is 6.92 Å². The molecule has 2 heterocycles. The first kappa shape index (κ1) is 20.8. The van der Waals surface area contributed by atoms with E-state index in [4.69, 9.17) is 0 Å². The summed E-state index contributed by atoms with van der Waals surface area (Å²) in [5.74, 6) is -0.154. The minimum Gasteiger partial charge on any atom is -0.351 e. The molecule has 0 radical (unpaired) electrons. The molecule has 2 amide bonds. The summed E-state index contributed by atoms with van der Waals surface area (Å²) in [4.78, 5) is 30.7. The summed E-state index contributed by atoms with van der Waals surface area (Å²) in [6.07, 6.45) is 4.60. The van der Waals surface area contributed by atoms with Crippen LogP contribution in [0.1, 0.15) is 47.0 Å². The van der Waals surface area contributed by atoms with Gasteiger partial charge in [-0.25, -0.2) is 0 Å². The molecule has 4 rings (SSSR count). The van der Waals surface area contributed by atoms with Gasteiger partial charge < -0.3 is 5.32 Å². The first-order chi connectivity index (χ1) is 14.6. The summed E-state index contributed by atoms with van der Waals surface area (Å²) < 4.78 is 0. The van der Waals surface area contributed by atoms with E-state index >= 15 is 0 Å². The van der Waals surface area contributed by atoms with Gasteiger partial charge in [-0.05, 0) is 54.3 Å². The Hall–Kier alpha value is -2.44. The molecule has 1 N–H and O–H groups in total. The Balaban J connectivity index is 1.73. The third-order valence-electron chi connectivity index (χ3n) is 5.57. The number of thiophene rings is 2. The van der Waals surface area contributed by atoms with E-state index in [1.54, 1.807) is 16.2 Å². The molecule has 1 unspecified atom stereocenters. The lowest BCUT2D eigenvalue weighted by Gasteiger charge is -2.32. The summed E-state index contributed by atoms with van der Waals surface area (Å²) in [6, 6.07) is 15.2. The van der Waals surface area contributed by atoms with Crippen LogP contribution in [-0.2, 0) is 16.0 Å². The summed E-state index contributed by atoms with van der Waals surface area (Å²) in [7, 11) is 0. The van der Waals surface area contributed by atoms with Crippen molar-refractivity contribution in [3.8, 4) is 0 Å². The zero-order valence-electron chi connectivity index (χ0n) is 17.0. The smallest absolute Gasteiger partial charge is 0.248 e. The Morgan fingerprint density at radius 2 is 1.77 bits per heavy atom. The largest absolute Gasteiger partial charge is 0.351 e. The number of hydrogen-bond donors (Lipinski definition) is 1. The molecule has 0 aliphatic heterocycles. The molecule has 156 valence electrons. The van der Waals surface area contributed by atoms with Crippen LogP contribution in [0.4, 0.5) is 5.69 Å². The average molecular weight is 439 g/mol. The Bertz CT molecular complexity index is 977. The lowest BCUT2D eigenvalue weighted by atomic mass is 10.1. The maximum atomic E-state index is 13.6. The van der Waals surface area contributed by atoms with Crippen LogP contribution in [0.15, 0.2) is 59.3 Å². The van der Waals surface area contributed by atoms with Gasteiger partial charge in [0.1, 0.15) is 6.04 Å². The Morgan fingerprint density at radius 3 is 2.43 bits per heavy atom. The molecule has 1 atom stereocenters. The fourth-order valence-electron chi connectivity index (χ4n) is 4.07. The van der Waals surface area contributed by atoms with Gasteiger partial charge in [-0.2, -0.15) is 0 Å². The SMILES string of the molecule is Cc1ccccc1N(C(=O)Cc1cccs1)C(C(=O)NC1CCCC1)c1cccs1. The Labute approximate surface area is 185 Å². The topological polar surface area (TPSA) is 49.4 Å². The van der Waals surface area contributed by atoms with E-state index in [0.717, 1.165) is 46.7 Å². The van der Waals surface area contributed by atoms with Gasteiger partial charge in [-0.15, -0.1) is 22.7 Å². The highest BCUT2D eigenvalue weighted by molar-refractivity contribution is 7.10. The maximum absolute atomic E-state index is 13.6. The Morgan fingerprint density at radius 1 is 1.03 bits per heavy atom. The van der Waals surface area contributed by atoms with E-state index in [0.29, 0.717) is 0 Å². The van der Waals surface area contributed by atoms with Gasteiger partial charge in [0, 0.05) is 21.5 Å². The second-order valence-electron chi connectivity index (χ2n) is 7.71. The highest BCUT2D eigenvalue weighted by Gasteiger charge is 2.35. The van der Waals surface area contributed by atoms with Crippen molar-refractivity contribution in [3.05, 3.63) is 74.6 Å². The van der Waals surface area contributed by atoms with Gasteiger partial charge in [0.25, 0.3) is 0 Å². The van der Waals surface area contributed by atoms with E-state index in [1.807, 2.05) is 66.2 Å². The highest BCUT2D eigenvalue weighted by atomic mass is 32.1. The molecule has 1 aromatic carbocycles. The minimum atomic E-state index is -0.667. The fourth-order valence-corrected chi connectivity index (χ4v) is 5.58. The molecule has 6 heteroatoms. The van der Waals surface area contributed by atoms with Gasteiger partial charge in [-0.1, -0.05) is 43.2 Å². The van der Waals surface area contributed by atoms with Crippen LogP contribution in [0.3, 0.4) is 0 Å². The monoisotopic (exact) mass is 438 g/mol. The van der Waals surface area contributed by atoms with Crippen LogP contribution in [0.2, 0.25) is 0 Å². The van der Waals surface area contributed by atoms with E-state index in [2.05, 4.69) is 5.32 Å². The van der Waals surface area contributed by atoms with Crippen molar-refractivity contribution in [1.82, 2.24) is 5.32 Å². The first-order valence-corrected chi connectivity index (χ1v) is 12.1.